The topological polar surface area (TPSA) is 174 Å². The van der Waals surface area contributed by atoms with Crippen molar-refractivity contribution in [2.45, 2.75) is 64.2 Å². The molecule has 5 amide bonds. The molecule has 4 fully saturated rings. The summed E-state index contributed by atoms with van der Waals surface area (Å²) in [4.78, 5) is 76.7. The maximum absolute atomic E-state index is 15.4. The second-order valence-corrected chi connectivity index (χ2v) is 16.9. The fourth-order valence-corrected chi connectivity index (χ4v) is 9.66. The molecule has 2 N–H and O–H groups in total. The van der Waals surface area contributed by atoms with Crippen LogP contribution >= 0.6 is 0 Å². The van der Waals surface area contributed by atoms with E-state index in [0.29, 0.717) is 66.1 Å². The molecule has 5 aliphatic heterocycles. The highest BCUT2D eigenvalue weighted by Crippen LogP contribution is 2.35. The summed E-state index contributed by atoms with van der Waals surface area (Å²) in [5.41, 5.74) is 4.22. The van der Waals surface area contributed by atoms with E-state index in [0.717, 1.165) is 56.6 Å². The minimum absolute atomic E-state index is 0.0292. The van der Waals surface area contributed by atoms with Gasteiger partial charge in [0.2, 0.25) is 17.8 Å². The van der Waals surface area contributed by atoms with E-state index in [4.69, 9.17) is 0 Å². The van der Waals surface area contributed by atoms with Gasteiger partial charge in [-0.1, -0.05) is 0 Å². The molecule has 3 atom stereocenters. The zero-order valence-corrected chi connectivity index (χ0v) is 34.4. The first-order valence-electron chi connectivity index (χ1n) is 21.2. The monoisotopic (exact) mass is 828 g/mol. The molecule has 0 aliphatic carbocycles. The SMILES string of the molecule is C[C@@H]1CN(c2ccc(C#N)c3ncccc23)[C@@H](C)CN1C(=O)Nc1cnc(N2CCC(CN3CCN(c4cc5c(cc4F)C(=O)N(C4CCC(=O)NC4=O)C5)CC3)CC2)nc1. The largest absolute Gasteiger partial charge is 0.367 e. The number of aromatic nitrogens is 3. The van der Waals surface area contributed by atoms with Crippen molar-refractivity contribution in [2.75, 3.05) is 78.9 Å². The number of nitrogens with zero attached hydrogens (tertiary/aromatic N) is 10. The summed E-state index contributed by atoms with van der Waals surface area (Å²) in [5.74, 6) is -0.484. The Hall–Kier alpha value is -6.41. The van der Waals surface area contributed by atoms with Gasteiger partial charge in [0, 0.05) is 107 Å². The van der Waals surface area contributed by atoms with E-state index >= 15 is 4.39 Å². The smallest absolute Gasteiger partial charge is 0.322 e. The Morgan fingerprint density at radius 3 is 2.41 bits per heavy atom. The molecule has 7 heterocycles. The first-order chi connectivity index (χ1) is 29.5. The summed E-state index contributed by atoms with van der Waals surface area (Å²) in [6.45, 7) is 11.0. The number of fused-ring (bicyclic) bond motifs is 2. The molecule has 17 heteroatoms. The van der Waals surface area contributed by atoms with Crippen LogP contribution in [0.3, 0.4) is 0 Å². The number of piperidine rings is 2. The highest BCUT2D eigenvalue weighted by molar-refractivity contribution is 6.05. The number of carbonyl (C=O) groups is 4. The van der Waals surface area contributed by atoms with Gasteiger partial charge in [0.05, 0.1) is 34.8 Å². The zero-order chi connectivity index (χ0) is 42.4. The summed E-state index contributed by atoms with van der Waals surface area (Å²) in [7, 11) is 0. The van der Waals surface area contributed by atoms with E-state index in [1.807, 2.05) is 41.0 Å². The molecule has 0 saturated carbocycles. The molecule has 2 aromatic carbocycles. The molecule has 0 spiro atoms. The van der Waals surface area contributed by atoms with Gasteiger partial charge in [-0.25, -0.2) is 19.2 Å². The number of hydrogen-bond donors (Lipinski definition) is 2. The third-order valence-electron chi connectivity index (χ3n) is 13.0. The van der Waals surface area contributed by atoms with Crippen LogP contribution in [0.4, 0.5) is 32.2 Å². The number of piperazine rings is 2. The molecule has 4 saturated heterocycles. The van der Waals surface area contributed by atoms with Gasteiger partial charge in [-0.05, 0) is 81.0 Å². The van der Waals surface area contributed by atoms with Crippen LogP contribution in [0, 0.1) is 23.1 Å². The second kappa shape index (κ2) is 16.6. The highest BCUT2D eigenvalue weighted by atomic mass is 19.1. The predicted octanol–water partition coefficient (Wildman–Crippen LogP) is 3.97. The molecule has 61 heavy (non-hydrogen) atoms. The number of pyridine rings is 1. The number of halogens is 1. The number of rotatable bonds is 7. The molecule has 9 rings (SSSR count). The maximum atomic E-state index is 15.4. The molecule has 316 valence electrons. The summed E-state index contributed by atoms with van der Waals surface area (Å²) < 4.78 is 15.4. The van der Waals surface area contributed by atoms with E-state index < -0.39 is 17.8 Å². The summed E-state index contributed by atoms with van der Waals surface area (Å²) in [6, 6.07) is 12.0. The number of nitriles is 1. The van der Waals surface area contributed by atoms with Crippen molar-refractivity contribution in [3.63, 3.8) is 0 Å². The van der Waals surface area contributed by atoms with Crippen molar-refractivity contribution in [3.8, 4) is 6.07 Å². The van der Waals surface area contributed by atoms with Crippen LogP contribution in [0.2, 0.25) is 0 Å². The van der Waals surface area contributed by atoms with Gasteiger partial charge in [-0.2, -0.15) is 5.26 Å². The fourth-order valence-electron chi connectivity index (χ4n) is 9.66. The van der Waals surface area contributed by atoms with Crippen LogP contribution in [0.1, 0.15) is 61.0 Å². The molecule has 0 radical (unpaired) electrons. The molecule has 2 aromatic heterocycles. The Morgan fingerprint density at radius 2 is 1.67 bits per heavy atom. The predicted molar refractivity (Wildman–Crippen MR) is 227 cm³/mol. The van der Waals surface area contributed by atoms with Crippen molar-refractivity contribution in [1.82, 2.24) is 35.0 Å². The van der Waals surface area contributed by atoms with Crippen molar-refractivity contribution in [2.24, 2.45) is 5.92 Å². The lowest BCUT2D eigenvalue weighted by molar-refractivity contribution is -0.136. The number of urea groups is 1. The number of hydrogen-bond acceptors (Lipinski definition) is 12. The third-order valence-corrected chi connectivity index (χ3v) is 13.0. The van der Waals surface area contributed by atoms with Crippen LogP contribution < -0.4 is 25.3 Å². The van der Waals surface area contributed by atoms with Gasteiger partial charge < -0.3 is 29.8 Å². The Balaban J connectivity index is 0.729. The van der Waals surface area contributed by atoms with Gasteiger partial charge in [-0.3, -0.25) is 29.6 Å². The summed E-state index contributed by atoms with van der Waals surface area (Å²) in [5, 5.41) is 15.8. The normalized spacial score (nSPS) is 22.7. The van der Waals surface area contributed by atoms with Crippen molar-refractivity contribution < 1.29 is 23.6 Å². The molecule has 16 nitrogen and oxygen atoms in total. The van der Waals surface area contributed by atoms with E-state index in [1.54, 1.807) is 24.7 Å². The quantitative estimate of drug-likeness (QED) is 0.257. The first kappa shape index (κ1) is 40.0. The Labute approximate surface area is 353 Å². The van der Waals surface area contributed by atoms with Crippen LogP contribution in [0.5, 0.6) is 0 Å². The first-order valence-corrected chi connectivity index (χ1v) is 21.2. The molecule has 5 aliphatic rings. The van der Waals surface area contributed by atoms with E-state index in [1.165, 1.54) is 11.0 Å². The molecular weight excluding hydrogens is 780 g/mol. The third kappa shape index (κ3) is 7.87. The highest BCUT2D eigenvalue weighted by Gasteiger charge is 2.40. The molecular formula is C44H49FN12O4. The van der Waals surface area contributed by atoms with Crippen LogP contribution in [-0.4, -0.2) is 130 Å². The van der Waals surface area contributed by atoms with Crippen LogP contribution in [0.15, 0.2) is 55.0 Å². The van der Waals surface area contributed by atoms with E-state index in [2.05, 4.69) is 53.3 Å². The van der Waals surface area contributed by atoms with Gasteiger partial charge in [0.15, 0.2) is 0 Å². The lowest BCUT2D eigenvalue weighted by atomic mass is 9.96. The van der Waals surface area contributed by atoms with Gasteiger partial charge >= 0.3 is 6.03 Å². The number of carbonyl (C=O) groups excluding carboxylic acids is 4. The number of imide groups is 1. The van der Waals surface area contributed by atoms with Crippen molar-refractivity contribution in [3.05, 3.63) is 77.5 Å². The van der Waals surface area contributed by atoms with Crippen molar-refractivity contribution >= 4 is 57.7 Å². The number of anilines is 4. The zero-order valence-electron chi connectivity index (χ0n) is 34.4. The average molecular weight is 829 g/mol. The Morgan fingerprint density at radius 1 is 0.902 bits per heavy atom. The average Bonchev–Trinajstić information content (AvgIpc) is 3.58. The lowest BCUT2D eigenvalue weighted by Gasteiger charge is -2.45. The Bertz CT molecular complexity index is 2410. The minimum Gasteiger partial charge on any atom is -0.367 e. The summed E-state index contributed by atoms with van der Waals surface area (Å²) in [6.07, 6.45) is 7.47. The van der Waals surface area contributed by atoms with Crippen molar-refractivity contribution in [1.29, 1.82) is 5.26 Å². The van der Waals surface area contributed by atoms with E-state index in [-0.39, 0.29) is 54.9 Å². The Kier molecular flexibility index (Phi) is 10.9. The maximum Gasteiger partial charge on any atom is 0.322 e. The van der Waals surface area contributed by atoms with Gasteiger partial charge in [0.1, 0.15) is 17.9 Å². The second-order valence-electron chi connectivity index (χ2n) is 16.9. The minimum atomic E-state index is -0.733. The molecule has 1 unspecified atom stereocenters. The molecule has 0 bridgehead atoms. The van der Waals surface area contributed by atoms with Crippen LogP contribution in [-0.2, 0) is 16.1 Å². The lowest BCUT2D eigenvalue weighted by Crippen LogP contribution is -2.59. The van der Waals surface area contributed by atoms with Gasteiger partial charge in [-0.15, -0.1) is 0 Å². The van der Waals surface area contributed by atoms with Crippen LogP contribution in [0.25, 0.3) is 10.9 Å². The van der Waals surface area contributed by atoms with Gasteiger partial charge in [0.25, 0.3) is 5.91 Å². The number of amides is 5. The number of benzene rings is 2. The number of nitrogens with one attached hydrogen (secondary N) is 2. The molecule has 4 aromatic rings. The summed E-state index contributed by atoms with van der Waals surface area (Å²) >= 11 is 0. The standard InChI is InChI=1S/C44H49FN12O4/c1-27-24-56(28(2)23-55(27)36-6-5-30(20-46)40-33(36)4-3-11-47-40)44(61)50-32-21-48-43(49-22-32)54-12-9-29(10-13-54)25-52-14-16-53(17-15-52)38-18-31-26-57(42(60)34(31)19-35(38)45)37-7-8-39(58)51-41(37)59/h3-6,11,18-19,21-22,27-29,37H,7-10,12-17,23-26H2,1-2H3,(H,50,61)(H,51,58,59)/t27-,28+,37?/m0/s1. The van der Waals surface area contributed by atoms with E-state index in [9.17, 15) is 24.4 Å². The fraction of sp³-hybridized carbons (Fsp3) is 0.455.